The van der Waals surface area contributed by atoms with E-state index in [2.05, 4.69) is 26.6 Å². The molecule has 0 spiro atoms. The van der Waals surface area contributed by atoms with Gasteiger partial charge in [0.1, 0.15) is 17.5 Å². The first-order valence-electron chi connectivity index (χ1n) is 11.7. The monoisotopic (exact) mass is 500 g/mol. The van der Waals surface area contributed by atoms with Gasteiger partial charge in [0.2, 0.25) is 5.95 Å². The fourth-order valence-electron chi connectivity index (χ4n) is 4.71. The number of rotatable bonds is 4. The molecule has 9 heteroatoms. The molecule has 1 unspecified atom stereocenters. The van der Waals surface area contributed by atoms with Crippen LogP contribution in [0.15, 0.2) is 42.6 Å². The van der Waals surface area contributed by atoms with Crippen molar-refractivity contribution in [3.8, 4) is 11.3 Å². The van der Waals surface area contributed by atoms with Gasteiger partial charge in [0.15, 0.2) is 0 Å². The van der Waals surface area contributed by atoms with Gasteiger partial charge in [-0.2, -0.15) is 4.98 Å². The van der Waals surface area contributed by atoms with Crippen molar-refractivity contribution in [3.63, 3.8) is 0 Å². The molecule has 3 aromatic rings. The first-order valence-corrected chi connectivity index (χ1v) is 12.5. The summed E-state index contributed by atoms with van der Waals surface area (Å²) in [5, 5.41) is 0.749. The van der Waals surface area contributed by atoms with E-state index >= 15 is 0 Å². The Labute approximate surface area is 209 Å². The number of pyridine rings is 1. The number of aromatic nitrogens is 3. The lowest BCUT2D eigenvalue weighted by molar-refractivity contribution is 0.539. The van der Waals surface area contributed by atoms with Gasteiger partial charge < -0.3 is 14.7 Å². The molecule has 2 aliphatic rings. The first kappa shape index (κ1) is 23.1. The van der Waals surface area contributed by atoms with Crippen molar-refractivity contribution in [1.82, 2.24) is 15.0 Å². The SMILES string of the molecule is CC1CN(c2ncccc2Cl)CCN1c1cc(-c2ccc(F)c(Cl)c2)nc(N2CCCCC2)n1. The molecule has 0 bridgehead atoms. The first-order chi connectivity index (χ1) is 16.5. The third kappa shape index (κ3) is 4.77. The topological polar surface area (TPSA) is 48.4 Å². The summed E-state index contributed by atoms with van der Waals surface area (Å²) in [6.07, 6.45) is 5.26. The molecule has 0 saturated carbocycles. The average Bonchev–Trinajstić information content (AvgIpc) is 2.86. The Morgan fingerprint density at radius 3 is 2.47 bits per heavy atom. The van der Waals surface area contributed by atoms with Gasteiger partial charge in [-0.1, -0.05) is 23.2 Å². The van der Waals surface area contributed by atoms with Crippen LogP contribution in [-0.4, -0.2) is 53.7 Å². The highest BCUT2D eigenvalue weighted by molar-refractivity contribution is 6.33. The number of halogens is 3. The van der Waals surface area contributed by atoms with E-state index in [9.17, 15) is 4.39 Å². The maximum Gasteiger partial charge on any atom is 0.227 e. The fourth-order valence-corrected chi connectivity index (χ4v) is 5.13. The van der Waals surface area contributed by atoms with Crippen molar-refractivity contribution >= 4 is 40.8 Å². The van der Waals surface area contributed by atoms with Gasteiger partial charge in [-0.25, -0.2) is 14.4 Å². The van der Waals surface area contributed by atoms with Crippen molar-refractivity contribution in [1.29, 1.82) is 0 Å². The third-order valence-electron chi connectivity index (χ3n) is 6.52. The highest BCUT2D eigenvalue weighted by Gasteiger charge is 2.28. The van der Waals surface area contributed by atoms with Gasteiger partial charge in [0, 0.05) is 56.6 Å². The largest absolute Gasteiger partial charge is 0.352 e. The highest BCUT2D eigenvalue weighted by atomic mass is 35.5. The molecule has 0 N–H and O–H groups in total. The van der Waals surface area contributed by atoms with Crippen LogP contribution in [0.4, 0.5) is 22.0 Å². The molecule has 2 aromatic heterocycles. The van der Waals surface area contributed by atoms with Crippen LogP contribution >= 0.6 is 23.2 Å². The summed E-state index contributed by atoms with van der Waals surface area (Å²) in [5.74, 6) is 1.96. The molecule has 178 valence electrons. The standard InChI is InChI=1S/C25H27Cl2FN6/c1-17-16-33(24-19(26)6-5-9-29-24)12-13-34(17)23-15-22(18-7-8-21(28)20(27)14-18)30-25(31-23)32-10-3-2-4-11-32/h5-9,14-15,17H,2-4,10-13,16H2,1H3. The minimum atomic E-state index is -0.436. The van der Waals surface area contributed by atoms with Crippen LogP contribution in [0.1, 0.15) is 26.2 Å². The number of piperazine rings is 1. The number of anilines is 3. The second-order valence-corrected chi connectivity index (χ2v) is 9.70. The number of benzene rings is 1. The lowest BCUT2D eigenvalue weighted by Gasteiger charge is -2.41. The molecule has 1 atom stereocenters. The van der Waals surface area contributed by atoms with E-state index in [0.29, 0.717) is 5.02 Å². The molecule has 5 rings (SSSR count). The summed E-state index contributed by atoms with van der Waals surface area (Å²) in [6, 6.07) is 10.6. The Balaban J connectivity index is 1.47. The van der Waals surface area contributed by atoms with Crippen molar-refractivity contribution < 1.29 is 4.39 Å². The van der Waals surface area contributed by atoms with Crippen LogP contribution in [0.5, 0.6) is 0 Å². The molecule has 1 aromatic carbocycles. The lowest BCUT2D eigenvalue weighted by atomic mass is 10.1. The van der Waals surface area contributed by atoms with Gasteiger partial charge in [0.25, 0.3) is 0 Å². The van der Waals surface area contributed by atoms with E-state index in [4.69, 9.17) is 33.2 Å². The third-order valence-corrected chi connectivity index (χ3v) is 7.10. The molecular formula is C25H27Cl2FN6. The molecule has 34 heavy (non-hydrogen) atoms. The Kier molecular flexibility index (Phi) is 6.75. The van der Waals surface area contributed by atoms with Crippen molar-refractivity contribution in [3.05, 3.63) is 58.5 Å². The predicted molar refractivity (Wildman–Crippen MR) is 137 cm³/mol. The van der Waals surface area contributed by atoms with Gasteiger partial charge in [-0.3, -0.25) is 0 Å². The normalized spacial score (nSPS) is 18.9. The number of hydrogen-bond acceptors (Lipinski definition) is 6. The molecule has 0 radical (unpaired) electrons. The van der Waals surface area contributed by atoms with Gasteiger partial charge >= 0.3 is 0 Å². The Morgan fingerprint density at radius 1 is 0.912 bits per heavy atom. The van der Waals surface area contributed by atoms with Gasteiger partial charge in [-0.15, -0.1) is 0 Å². The molecule has 2 saturated heterocycles. The van der Waals surface area contributed by atoms with Crippen molar-refractivity contribution in [2.45, 2.75) is 32.2 Å². The summed E-state index contributed by atoms with van der Waals surface area (Å²) < 4.78 is 13.8. The quantitative estimate of drug-likeness (QED) is 0.458. The molecule has 0 amide bonds. The molecular weight excluding hydrogens is 474 g/mol. The van der Waals surface area contributed by atoms with E-state index < -0.39 is 5.82 Å². The Bertz CT molecular complexity index is 1170. The summed E-state index contributed by atoms with van der Waals surface area (Å²) in [4.78, 5) is 21.1. The zero-order valence-electron chi connectivity index (χ0n) is 19.1. The number of nitrogens with zero attached hydrogens (tertiary/aromatic N) is 6. The smallest absolute Gasteiger partial charge is 0.227 e. The maximum atomic E-state index is 13.8. The minimum Gasteiger partial charge on any atom is -0.352 e. The molecule has 2 aliphatic heterocycles. The van der Waals surface area contributed by atoms with E-state index in [-0.39, 0.29) is 11.1 Å². The number of hydrogen-bond donors (Lipinski definition) is 0. The fraction of sp³-hybridized carbons (Fsp3) is 0.400. The van der Waals surface area contributed by atoms with E-state index in [1.165, 1.54) is 12.5 Å². The van der Waals surface area contributed by atoms with E-state index in [1.54, 1.807) is 18.3 Å². The summed E-state index contributed by atoms with van der Waals surface area (Å²) in [6.45, 7) is 6.39. The van der Waals surface area contributed by atoms with Gasteiger partial charge in [-0.05, 0) is 56.5 Å². The predicted octanol–water partition coefficient (Wildman–Crippen LogP) is 5.69. The van der Waals surface area contributed by atoms with Crippen LogP contribution in [0.3, 0.4) is 0 Å². The number of piperidine rings is 1. The van der Waals surface area contributed by atoms with Crippen molar-refractivity contribution in [2.24, 2.45) is 0 Å². The van der Waals surface area contributed by atoms with Gasteiger partial charge in [0.05, 0.1) is 15.7 Å². The zero-order chi connectivity index (χ0) is 23.7. The minimum absolute atomic E-state index is 0.0893. The second-order valence-electron chi connectivity index (χ2n) is 8.89. The molecule has 0 aliphatic carbocycles. The molecule has 2 fully saturated rings. The Morgan fingerprint density at radius 2 is 1.74 bits per heavy atom. The molecule has 4 heterocycles. The summed E-state index contributed by atoms with van der Waals surface area (Å²) >= 11 is 12.5. The van der Waals surface area contributed by atoms with Crippen LogP contribution in [-0.2, 0) is 0 Å². The summed E-state index contributed by atoms with van der Waals surface area (Å²) in [7, 11) is 0. The van der Waals surface area contributed by atoms with Crippen molar-refractivity contribution in [2.75, 3.05) is 47.4 Å². The van der Waals surface area contributed by atoms with Crippen LogP contribution in [0.25, 0.3) is 11.3 Å². The van der Waals surface area contributed by atoms with Crippen LogP contribution in [0, 0.1) is 5.82 Å². The zero-order valence-corrected chi connectivity index (χ0v) is 20.6. The Hall–Kier alpha value is -2.64. The average molecular weight is 501 g/mol. The van der Waals surface area contributed by atoms with Crippen LogP contribution in [0.2, 0.25) is 10.0 Å². The lowest BCUT2D eigenvalue weighted by Crippen LogP contribution is -2.52. The van der Waals surface area contributed by atoms with E-state index in [0.717, 1.165) is 74.4 Å². The second kappa shape index (κ2) is 9.92. The highest BCUT2D eigenvalue weighted by Crippen LogP contribution is 2.31. The maximum absolute atomic E-state index is 13.8. The molecule has 6 nitrogen and oxygen atoms in total. The van der Waals surface area contributed by atoms with Crippen LogP contribution < -0.4 is 14.7 Å². The van der Waals surface area contributed by atoms with E-state index in [1.807, 2.05) is 18.2 Å². The summed E-state index contributed by atoms with van der Waals surface area (Å²) in [5.41, 5.74) is 1.52.